The molecule has 0 radical (unpaired) electrons. The quantitative estimate of drug-likeness (QED) is 0.422. The minimum absolute atomic E-state index is 0. The molecule has 14 heavy (non-hydrogen) atoms. The highest BCUT2D eigenvalue weighted by Crippen LogP contribution is 2.20. The summed E-state index contributed by atoms with van der Waals surface area (Å²) in [6.45, 7) is 6.76. The second-order valence-electron chi connectivity index (χ2n) is 1.77. The SMILES string of the molecule is C=CC.CCCC(F)(F)F.[Cl-].[Cl-].[Cl-].[Cl-]. The van der Waals surface area contributed by atoms with Crippen LogP contribution in [-0.4, -0.2) is 6.18 Å². The van der Waals surface area contributed by atoms with Gasteiger partial charge in [0.25, 0.3) is 0 Å². The van der Waals surface area contributed by atoms with E-state index in [1.807, 2.05) is 6.92 Å². The predicted octanol–water partition coefficient (Wildman–Crippen LogP) is -8.44. The Morgan fingerprint density at radius 2 is 1.29 bits per heavy atom. The number of halogens is 7. The van der Waals surface area contributed by atoms with Crippen molar-refractivity contribution in [3.8, 4) is 0 Å². The van der Waals surface area contributed by atoms with E-state index in [0.717, 1.165) is 0 Å². The van der Waals surface area contributed by atoms with Gasteiger partial charge in [0.2, 0.25) is 0 Å². The highest BCUT2D eigenvalue weighted by atomic mass is 35.5. The average Bonchev–Trinajstić information content (AvgIpc) is 1.63. The molecule has 0 spiro atoms. The maximum Gasteiger partial charge on any atom is 0.389 e. The second-order valence-corrected chi connectivity index (χ2v) is 1.77. The number of allylic oxidation sites excluding steroid dienone is 1. The van der Waals surface area contributed by atoms with Gasteiger partial charge in [-0.05, 0) is 13.3 Å². The molecule has 0 saturated heterocycles. The maximum absolute atomic E-state index is 11.1. The summed E-state index contributed by atoms with van der Waals surface area (Å²) in [5.41, 5.74) is 0. The first-order valence-electron chi connectivity index (χ1n) is 3.11. The molecule has 94 valence electrons. The fourth-order valence-electron chi connectivity index (χ4n) is 0.283. The minimum atomic E-state index is -3.95. The fourth-order valence-corrected chi connectivity index (χ4v) is 0.283. The van der Waals surface area contributed by atoms with Crippen LogP contribution in [0.5, 0.6) is 0 Å². The second kappa shape index (κ2) is 23.5. The van der Waals surface area contributed by atoms with Crippen LogP contribution in [0, 0.1) is 0 Å². The van der Waals surface area contributed by atoms with Gasteiger partial charge in [-0.15, -0.1) is 6.58 Å². The molecule has 0 fully saturated rings. The molecule has 0 aromatic rings. The first-order valence-corrected chi connectivity index (χ1v) is 3.11. The third kappa shape index (κ3) is 78.8. The molecular formula is C7H13Cl4F3-4. The Labute approximate surface area is 108 Å². The van der Waals surface area contributed by atoms with Gasteiger partial charge >= 0.3 is 6.18 Å². The van der Waals surface area contributed by atoms with Gasteiger partial charge in [-0.2, -0.15) is 13.2 Å². The van der Waals surface area contributed by atoms with Crippen molar-refractivity contribution in [2.24, 2.45) is 0 Å². The van der Waals surface area contributed by atoms with Gasteiger partial charge in [0.1, 0.15) is 0 Å². The van der Waals surface area contributed by atoms with Crippen molar-refractivity contribution in [1.29, 1.82) is 0 Å². The molecule has 0 nitrogen and oxygen atoms in total. The van der Waals surface area contributed by atoms with Crippen LogP contribution in [-0.2, 0) is 0 Å². The van der Waals surface area contributed by atoms with Crippen molar-refractivity contribution < 1.29 is 62.8 Å². The van der Waals surface area contributed by atoms with E-state index in [4.69, 9.17) is 0 Å². The summed E-state index contributed by atoms with van der Waals surface area (Å²) >= 11 is 0. The normalized spacial score (nSPS) is 6.93. The minimum Gasteiger partial charge on any atom is -1.00 e. The van der Waals surface area contributed by atoms with E-state index in [1.165, 1.54) is 6.92 Å². The molecule has 7 heteroatoms. The number of alkyl halides is 3. The lowest BCUT2D eigenvalue weighted by Gasteiger charge is -2.00. The van der Waals surface area contributed by atoms with Crippen LogP contribution in [0.1, 0.15) is 26.7 Å². The summed E-state index contributed by atoms with van der Waals surface area (Å²) in [6, 6.07) is 0. The number of hydrogen-bond donors (Lipinski definition) is 0. The summed E-state index contributed by atoms with van der Waals surface area (Å²) < 4.78 is 33.2. The zero-order chi connectivity index (χ0) is 8.62. The Kier molecular flexibility index (Phi) is 61.1. The fraction of sp³-hybridized carbons (Fsp3) is 0.714. The molecule has 0 aliphatic heterocycles. The smallest absolute Gasteiger partial charge is 0.389 e. The molecule has 0 heterocycles. The van der Waals surface area contributed by atoms with Crippen molar-refractivity contribution in [2.45, 2.75) is 32.9 Å². The molecule has 0 unspecified atom stereocenters. The molecular weight excluding hydrogens is 283 g/mol. The van der Waals surface area contributed by atoms with Crippen molar-refractivity contribution in [1.82, 2.24) is 0 Å². The van der Waals surface area contributed by atoms with Crippen molar-refractivity contribution in [2.75, 3.05) is 0 Å². The molecule has 0 N–H and O–H groups in total. The summed E-state index contributed by atoms with van der Waals surface area (Å²) in [4.78, 5) is 0. The van der Waals surface area contributed by atoms with Crippen LogP contribution in [0.15, 0.2) is 12.7 Å². The molecule has 0 aromatic heterocycles. The Hall–Kier alpha value is 0.690. The number of rotatable bonds is 1. The summed E-state index contributed by atoms with van der Waals surface area (Å²) in [7, 11) is 0. The van der Waals surface area contributed by atoms with Gasteiger partial charge in [-0.25, -0.2) is 0 Å². The zero-order valence-electron chi connectivity index (χ0n) is 7.84. The highest BCUT2D eigenvalue weighted by molar-refractivity contribution is 4.51. The molecule has 0 saturated carbocycles. The lowest BCUT2D eigenvalue weighted by molar-refractivity contribution is -0.134. The molecule has 0 bridgehead atoms. The Balaban J connectivity index is -0.0000000208. The summed E-state index contributed by atoms with van der Waals surface area (Å²) in [6.07, 6.45) is -2.68. The largest absolute Gasteiger partial charge is 1.00 e. The Bertz CT molecular complexity index is 85.5. The van der Waals surface area contributed by atoms with Crippen LogP contribution < -0.4 is 49.6 Å². The molecule has 0 aliphatic carbocycles. The summed E-state index contributed by atoms with van der Waals surface area (Å²) in [5, 5.41) is 0. The lowest BCUT2D eigenvalue weighted by Crippen LogP contribution is -3.00. The van der Waals surface area contributed by atoms with Gasteiger partial charge in [0, 0.05) is 6.42 Å². The standard InChI is InChI=1S/C4H7F3.C3H6.4ClH/c1-2-3-4(5,6)7;1-3-2;;;;/h2-3H2,1H3;3H,1H2,2H3;4*1H/p-4. The molecule has 0 amide bonds. The topological polar surface area (TPSA) is 0 Å². The van der Waals surface area contributed by atoms with Gasteiger partial charge in [-0.3, -0.25) is 0 Å². The van der Waals surface area contributed by atoms with Crippen LogP contribution in [0.2, 0.25) is 0 Å². The third-order valence-corrected chi connectivity index (χ3v) is 0.533. The van der Waals surface area contributed by atoms with Gasteiger partial charge in [-0.1, -0.05) is 13.0 Å². The van der Waals surface area contributed by atoms with Gasteiger partial charge in [0.05, 0.1) is 0 Å². The monoisotopic (exact) mass is 294 g/mol. The third-order valence-electron chi connectivity index (χ3n) is 0.533. The van der Waals surface area contributed by atoms with Crippen molar-refractivity contribution in [3.63, 3.8) is 0 Å². The summed E-state index contributed by atoms with van der Waals surface area (Å²) in [5.74, 6) is 0. The van der Waals surface area contributed by atoms with Crippen LogP contribution in [0.4, 0.5) is 13.2 Å². The maximum atomic E-state index is 11.1. The van der Waals surface area contributed by atoms with E-state index in [0.29, 0.717) is 0 Å². The van der Waals surface area contributed by atoms with E-state index in [9.17, 15) is 13.2 Å². The van der Waals surface area contributed by atoms with Crippen molar-refractivity contribution >= 4 is 0 Å². The molecule has 0 aliphatic rings. The van der Waals surface area contributed by atoms with Gasteiger partial charge < -0.3 is 49.6 Å². The Morgan fingerprint density at radius 1 is 1.07 bits per heavy atom. The first kappa shape index (κ1) is 36.5. The zero-order valence-corrected chi connectivity index (χ0v) is 10.9. The van der Waals surface area contributed by atoms with E-state index in [-0.39, 0.29) is 56.0 Å². The van der Waals surface area contributed by atoms with E-state index < -0.39 is 12.6 Å². The van der Waals surface area contributed by atoms with Crippen LogP contribution in [0.3, 0.4) is 0 Å². The Morgan fingerprint density at radius 3 is 1.29 bits per heavy atom. The first-order chi connectivity index (χ1) is 4.47. The predicted molar refractivity (Wildman–Crippen MR) is 36.8 cm³/mol. The van der Waals surface area contributed by atoms with Gasteiger partial charge in [0.15, 0.2) is 0 Å². The highest BCUT2D eigenvalue weighted by Gasteiger charge is 2.24. The van der Waals surface area contributed by atoms with E-state index in [2.05, 4.69) is 6.58 Å². The molecule has 0 aromatic carbocycles. The van der Waals surface area contributed by atoms with Crippen LogP contribution >= 0.6 is 0 Å². The lowest BCUT2D eigenvalue weighted by atomic mass is 10.3. The van der Waals surface area contributed by atoms with E-state index >= 15 is 0 Å². The molecule has 0 rings (SSSR count). The van der Waals surface area contributed by atoms with E-state index in [1.54, 1.807) is 6.08 Å². The average molecular weight is 296 g/mol. The number of hydrogen-bond acceptors (Lipinski definition) is 0. The van der Waals surface area contributed by atoms with Crippen LogP contribution in [0.25, 0.3) is 0 Å². The molecule has 0 atom stereocenters. The van der Waals surface area contributed by atoms with Crippen molar-refractivity contribution in [3.05, 3.63) is 12.7 Å².